The molecule has 0 saturated carbocycles. The summed E-state index contributed by atoms with van der Waals surface area (Å²) < 4.78 is 6.93. The first-order chi connectivity index (χ1) is 11.2. The van der Waals surface area contributed by atoms with E-state index in [1.165, 1.54) is 0 Å². The number of para-hydroxylation sites is 1. The van der Waals surface area contributed by atoms with Gasteiger partial charge in [0.1, 0.15) is 12.5 Å². The highest BCUT2D eigenvalue weighted by Gasteiger charge is 2.11. The summed E-state index contributed by atoms with van der Waals surface area (Å²) in [4.78, 5) is 8.49. The van der Waals surface area contributed by atoms with E-state index in [0.29, 0.717) is 24.8 Å². The number of aromatic nitrogens is 4. The first-order valence-corrected chi connectivity index (χ1v) is 7.45. The molecular formula is C16H16ClN5O. The molecule has 2 heterocycles. The Labute approximate surface area is 138 Å². The average Bonchev–Trinajstić information content (AvgIpc) is 2.89. The molecule has 118 valence electrons. The number of hydrogen-bond acceptors (Lipinski definition) is 5. The molecule has 23 heavy (non-hydrogen) atoms. The first kappa shape index (κ1) is 15.5. The van der Waals surface area contributed by atoms with Crippen LogP contribution in [0.2, 0.25) is 5.28 Å². The highest BCUT2D eigenvalue weighted by atomic mass is 35.5. The average molecular weight is 330 g/mol. The molecule has 0 radical (unpaired) electrons. The van der Waals surface area contributed by atoms with Crippen LogP contribution in [0.4, 0.5) is 11.6 Å². The van der Waals surface area contributed by atoms with Crippen molar-refractivity contribution >= 4 is 34.1 Å². The van der Waals surface area contributed by atoms with Crippen molar-refractivity contribution in [3.8, 4) is 0 Å². The van der Waals surface area contributed by atoms with Crippen LogP contribution in [0.3, 0.4) is 0 Å². The number of halogens is 1. The minimum atomic E-state index is 0.189. The monoisotopic (exact) mass is 329 g/mol. The van der Waals surface area contributed by atoms with Gasteiger partial charge in [0.15, 0.2) is 5.82 Å². The van der Waals surface area contributed by atoms with Crippen molar-refractivity contribution in [1.29, 1.82) is 0 Å². The molecule has 2 aromatic heterocycles. The van der Waals surface area contributed by atoms with Gasteiger partial charge < -0.3 is 10.1 Å². The molecule has 7 heteroatoms. The summed E-state index contributed by atoms with van der Waals surface area (Å²) >= 11 is 6.00. The Hall–Kier alpha value is -2.44. The molecule has 0 spiro atoms. The van der Waals surface area contributed by atoms with Gasteiger partial charge in [0.25, 0.3) is 0 Å². The van der Waals surface area contributed by atoms with Crippen LogP contribution in [0.1, 0.15) is 5.69 Å². The van der Waals surface area contributed by atoms with Gasteiger partial charge in [0, 0.05) is 30.7 Å². The van der Waals surface area contributed by atoms with Gasteiger partial charge in [-0.2, -0.15) is 10.1 Å². The second kappa shape index (κ2) is 6.76. The predicted molar refractivity (Wildman–Crippen MR) is 91.0 cm³/mol. The molecule has 0 fully saturated rings. The highest BCUT2D eigenvalue weighted by Crippen LogP contribution is 2.25. The Bertz CT molecular complexity index is 846. The van der Waals surface area contributed by atoms with Gasteiger partial charge >= 0.3 is 0 Å². The van der Waals surface area contributed by atoms with Gasteiger partial charge in [-0.05, 0) is 23.7 Å². The van der Waals surface area contributed by atoms with Gasteiger partial charge in [0.2, 0.25) is 5.28 Å². The number of allylic oxidation sites excluding steroid dienone is 1. The number of ether oxygens (including phenoxy) is 1. The zero-order chi connectivity index (χ0) is 16.2. The molecule has 0 bridgehead atoms. The first-order valence-electron chi connectivity index (χ1n) is 7.07. The van der Waals surface area contributed by atoms with Crippen LogP contribution in [0, 0.1) is 0 Å². The SMILES string of the molecule is C=CCc1cc(Nc2nc(Cl)nc3ccccc23)nn1COC. The van der Waals surface area contributed by atoms with Gasteiger partial charge in [-0.25, -0.2) is 9.67 Å². The second-order valence-electron chi connectivity index (χ2n) is 4.91. The Kier molecular flexibility index (Phi) is 4.55. The molecule has 3 aromatic rings. The van der Waals surface area contributed by atoms with Crippen molar-refractivity contribution in [3.63, 3.8) is 0 Å². The van der Waals surface area contributed by atoms with E-state index >= 15 is 0 Å². The minimum absolute atomic E-state index is 0.189. The van der Waals surface area contributed by atoms with Crippen LogP contribution in [0.5, 0.6) is 0 Å². The largest absolute Gasteiger partial charge is 0.362 e. The molecule has 0 aliphatic heterocycles. The molecule has 3 rings (SSSR count). The predicted octanol–water partition coefficient (Wildman–Crippen LogP) is 3.56. The van der Waals surface area contributed by atoms with E-state index in [-0.39, 0.29) is 5.28 Å². The van der Waals surface area contributed by atoms with Crippen molar-refractivity contribution in [2.75, 3.05) is 12.4 Å². The number of nitrogens with one attached hydrogen (secondary N) is 1. The fraction of sp³-hybridized carbons (Fsp3) is 0.188. The lowest BCUT2D eigenvalue weighted by molar-refractivity contribution is 0.118. The summed E-state index contributed by atoms with van der Waals surface area (Å²) in [5.41, 5.74) is 1.77. The molecule has 0 unspecified atom stereocenters. The number of fused-ring (bicyclic) bond motifs is 1. The fourth-order valence-corrected chi connectivity index (χ4v) is 2.50. The summed E-state index contributed by atoms with van der Waals surface area (Å²) in [6.45, 7) is 4.13. The van der Waals surface area contributed by atoms with Crippen LogP contribution in [-0.2, 0) is 17.9 Å². The molecular weight excluding hydrogens is 314 g/mol. The molecule has 0 atom stereocenters. The van der Waals surface area contributed by atoms with Crippen LogP contribution in [-0.4, -0.2) is 26.9 Å². The third kappa shape index (κ3) is 3.33. The minimum Gasteiger partial charge on any atom is -0.362 e. The molecule has 0 saturated heterocycles. The lowest BCUT2D eigenvalue weighted by atomic mass is 10.2. The number of rotatable bonds is 6. The van der Waals surface area contributed by atoms with Gasteiger partial charge in [-0.1, -0.05) is 18.2 Å². The molecule has 6 nitrogen and oxygen atoms in total. The van der Waals surface area contributed by atoms with Gasteiger partial charge in [0.05, 0.1) is 5.52 Å². The van der Waals surface area contributed by atoms with Crippen LogP contribution in [0.15, 0.2) is 43.0 Å². The van der Waals surface area contributed by atoms with E-state index < -0.39 is 0 Å². The molecule has 0 amide bonds. The highest BCUT2D eigenvalue weighted by molar-refractivity contribution is 6.28. The molecule has 0 aliphatic rings. The zero-order valence-electron chi connectivity index (χ0n) is 12.7. The lowest BCUT2D eigenvalue weighted by Crippen LogP contribution is -2.06. The van der Waals surface area contributed by atoms with Crippen LogP contribution < -0.4 is 5.32 Å². The second-order valence-corrected chi connectivity index (χ2v) is 5.25. The maximum absolute atomic E-state index is 6.00. The molecule has 0 aliphatic carbocycles. The van der Waals surface area contributed by atoms with Crippen LogP contribution >= 0.6 is 11.6 Å². The van der Waals surface area contributed by atoms with E-state index in [9.17, 15) is 0 Å². The standard InChI is InChI=1S/C16H16ClN5O/c1-3-6-11-9-14(21-22(11)10-23-2)19-15-12-7-4-5-8-13(12)18-16(17)20-15/h3-5,7-9H,1,6,10H2,2H3,(H,18,19,20,21). The number of benzene rings is 1. The maximum Gasteiger partial charge on any atom is 0.224 e. The Morgan fingerprint density at radius 2 is 2.17 bits per heavy atom. The van der Waals surface area contributed by atoms with Crippen molar-refractivity contribution < 1.29 is 4.74 Å². The van der Waals surface area contributed by atoms with Crippen molar-refractivity contribution in [2.45, 2.75) is 13.2 Å². The number of hydrogen-bond donors (Lipinski definition) is 1. The van der Waals surface area contributed by atoms with Crippen molar-refractivity contribution in [1.82, 2.24) is 19.7 Å². The van der Waals surface area contributed by atoms with E-state index in [1.807, 2.05) is 36.4 Å². The van der Waals surface area contributed by atoms with E-state index in [1.54, 1.807) is 11.8 Å². The van der Waals surface area contributed by atoms with Crippen molar-refractivity contribution in [3.05, 3.63) is 54.0 Å². The molecule has 1 aromatic carbocycles. The summed E-state index contributed by atoms with van der Waals surface area (Å²) in [7, 11) is 1.63. The Morgan fingerprint density at radius 1 is 1.35 bits per heavy atom. The Balaban J connectivity index is 1.99. The summed E-state index contributed by atoms with van der Waals surface area (Å²) in [6.07, 6.45) is 2.52. The molecule has 1 N–H and O–H groups in total. The number of anilines is 2. The quantitative estimate of drug-likeness (QED) is 0.553. The van der Waals surface area contributed by atoms with E-state index in [2.05, 4.69) is 27.0 Å². The number of nitrogens with zero attached hydrogens (tertiary/aromatic N) is 4. The topological polar surface area (TPSA) is 64.9 Å². The van der Waals surface area contributed by atoms with Gasteiger partial charge in [-0.15, -0.1) is 6.58 Å². The third-order valence-electron chi connectivity index (χ3n) is 3.29. The normalized spacial score (nSPS) is 10.9. The fourth-order valence-electron chi connectivity index (χ4n) is 2.33. The van der Waals surface area contributed by atoms with Crippen molar-refractivity contribution in [2.24, 2.45) is 0 Å². The lowest BCUT2D eigenvalue weighted by Gasteiger charge is -2.06. The van der Waals surface area contributed by atoms with Crippen LogP contribution in [0.25, 0.3) is 10.9 Å². The summed E-state index contributed by atoms with van der Waals surface area (Å²) in [5.74, 6) is 1.28. The van der Waals surface area contributed by atoms with E-state index in [0.717, 1.165) is 16.6 Å². The maximum atomic E-state index is 6.00. The smallest absolute Gasteiger partial charge is 0.224 e. The zero-order valence-corrected chi connectivity index (χ0v) is 13.4. The summed E-state index contributed by atoms with van der Waals surface area (Å²) in [6, 6.07) is 9.60. The summed E-state index contributed by atoms with van der Waals surface area (Å²) in [5, 5.41) is 8.75. The van der Waals surface area contributed by atoms with Gasteiger partial charge in [-0.3, -0.25) is 0 Å². The number of methoxy groups -OCH3 is 1. The Morgan fingerprint density at radius 3 is 2.96 bits per heavy atom. The third-order valence-corrected chi connectivity index (χ3v) is 3.46. The van der Waals surface area contributed by atoms with E-state index in [4.69, 9.17) is 16.3 Å².